The van der Waals surface area contributed by atoms with Gasteiger partial charge in [0.1, 0.15) is 6.10 Å². The van der Waals surface area contributed by atoms with Crippen LogP contribution in [0, 0.1) is 11.8 Å². The molecule has 0 aromatic heterocycles. The lowest BCUT2D eigenvalue weighted by molar-refractivity contribution is -0.153. The third kappa shape index (κ3) is 10.4. The summed E-state index contributed by atoms with van der Waals surface area (Å²) in [5.41, 5.74) is 1.04. The van der Waals surface area contributed by atoms with Crippen molar-refractivity contribution in [2.45, 2.75) is 51.7 Å². The molecule has 2 amide bonds. The van der Waals surface area contributed by atoms with E-state index in [0.29, 0.717) is 19.3 Å². The van der Waals surface area contributed by atoms with Crippen molar-refractivity contribution < 1.29 is 24.2 Å². The van der Waals surface area contributed by atoms with Gasteiger partial charge in [-0.25, -0.2) is 0 Å². The Morgan fingerprint density at radius 3 is 2.28 bits per heavy atom. The zero-order valence-electron chi connectivity index (χ0n) is 19.1. The van der Waals surface area contributed by atoms with E-state index < -0.39 is 12.0 Å². The fraction of sp³-hybridized carbons (Fsp3) is 0.480. The number of aliphatic hydroxyl groups is 1. The number of nitrogens with one attached hydrogen (secondary N) is 2. The van der Waals surface area contributed by atoms with Gasteiger partial charge in [-0.05, 0) is 38.7 Å². The van der Waals surface area contributed by atoms with Crippen molar-refractivity contribution in [1.29, 1.82) is 0 Å². The molecule has 0 unspecified atom stereocenters. The minimum absolute atomic E-state index is 0.0190. The monoisotopic (exact) mass is 444 g/mol. The van der Waals surface area contributed by atoms with Crippen LogP contribution in [0.3, 0.4) is 0 Å². The normalized spacial score (nSPS) is 14.3. The van der Waals surface area contributed by atoms with Crippen LogP contribution in [0.2, 0.25) is 0 Å². The zero-order chi connectivity index (χ0) is 23.9. The number of carbonyl (C=O) groups excluding carboxylic acids is 3. The van der Waals surface area contributed by atoms with Gasteiger partial charge in [0.05, 0.1) is 25.0 Å². The highest BCUT2D eigenvalue weighted by molar-refractivity contribution is 5.86. The van der Waals surface area contributed by atoms with Crippen molar-refractivity contribution in [3.8, 4) is 0 Å². The summed E-state index contributed by atoms with van der Waals surface area (Å²) in [6.45, 7) is 10.7. The molecule has 4 atom stereocenters. The second-order valence-corrected chi connectivity index (χ2v) is 7.98. The molecule has 0 bridgehead atoms. The maximum atomic E-state index is 12.6. The lowest BCUT2D eigenvalue weighted by atomic mass is 9.96. The molecule has 0 spiro atoms. The molecule has 0 aliphatic heterocycles. The van der Waals surface area contributed by atoms with Gasteiger partial charge in [0.25, 0.3) is 0 Å². The number of hydrogen-bond acceptors (Lipinski definition) is 5. The summed E-state index contributed by atoms with van der Waals surface area (Å²) in [6.07, 6.45) is 4.11. The highest BCUT2D eigenvalue weighted by atomic mass is 16.5. The molecule has 0 saturated carbocycles. The Morgan fingerprint density at radius 1 is 1.06 bits per heavy atom. The second kappa shape index (κ2) is 15.0. The minimum Gasteiger partial charge on any atom is -0.461 e. The van der Waals surface area contributed by atoms with Crippen LogP contribution in [0.25, 0.3) is 0 Å². The van der Waals surface area contributed by atoms with E-state index >= 15 is 0 Å². The molecule has 3 N–H and O–H groups in total. The number of esters is 1. The zero-order valence-corrected chi connectivity index (χ0v) is 19.1. The average Bonchev–Trinajstić information content (AvgIpc) is 2.77. The SMILES string of the molecule is C=CC[C@H](CC(=O)N[C@@H](C)CO)C(=O)NC[C@H](C)OC(=O)[C@H](CC=C)Cc1ccccc1. The van der Waals surface area contributed by atoms with Gasteiger partial charge in [0.15, 0.2) is 0 Å². The fourth-order valence-corrected chi connectivity index (χ4v) is 3.17. The largest absolute Gasteiger partial charge is 0.461 e. The molecular weight excluding hydrogens is 408 g/mol. The maximum absolute atomic E-state index is 12.6. The topological polar surface area (TPSA) is 105 Å². The quantitative estimate of drug-likeness (QED) is 0.285. The predicted molar refractivity (Wildman–Crippen MR) is 125 cm³/mol. The Morgan fingerprint density at radius 2 is 1.69 bits per heavy atom. The summed E-state index contributed by atoms with van der Waals surface area (Å²) in [4.78, 5) is 37.2. The van der Waals surface area contributed by atoms with Crippen molar-refractivity contribution in [3.63, 3.8) is 0 Å². The minimum atomic E-state index is -0.590. The molecule has 0 aliphatic carbocycles. The van der Waals surface area contributed by atoms with Crippen LogP contribution in [-0.2, 0) is 25.5 Å². The van der Waals surface area contributed by atoms with E-state index in [-0.39, 0.29) is 49.3 Å². The van der Waals surface area contributed by atoms with Gasteiger partial charge in [0.2, 0.25) is 11.8 Å². The van der Waals surface area contributed by atoms with Crippen molar-refractivity contribution >= 4 is 17.8 Å². The average molecular weight is 445 g/mol. The molecule has 0 fully saturated rings. The van der Waals surface area contributed by atoms with Crippen LogP contribution in [0.5, 0.6) is 0 Å². The van der Waals surface area contributed by atoms with Crippen LogP contribution < -0.4 is 10.6 Å². The molecule has 32 heavy (non-hydrogen) atoms. The Labute approximate surface area is 190 Å². The molecule has 1 aromatic carbocycles. The first-order valence-corrected chi connectivity index (χ1v) is 10.9. The molecule has 176 valence electrons. The molecule has 0 heterocycles. The van der Waals surface area contributed by atoms with Crippen molar-refractivity contribution in [2.24, 2.45) is 11.8 Å². The number of ether oxygens (including phenoxy) is 1. The van der Waals surface area contributed by atoms with Gasteiger partial charge >= 0.3 is 5.97 Å². The van der Waals surface area contributed by atoms with Gasteiger partial charge in [0, 0.05) is 12.5 Å². The number of rotatable bonds is 15. The van der Waals surface area contributed by atoms with E-state index in [4.69, 9.17) is 9.84 Å². The molecule has 1 rings (SSSR count). The third-order valence-electron chi connectivity index (χ3n) is 4.93. The Hall–Kier alpha value is -2.93. The van der Waals surface area contributed by atoms with Crippen LogP contribution >= 0.6 is 0 Å². The first-order chi connectivity index (χ1) is 15.3. The van der Waals surface area contributed by atoms with Crippen LogP contribution in [0.4, 0.5) is 0 Å². The summed E-state index contributed by atoms with van der Waals surface area (Å²) in [5.74, 6) is -1.91. The number of amides is 2. The smallest absolute Gasteiger partial charge is 0.309 e. The van der Waals surface area contributed by atoms with Gasteiger partial charge in [-0.3, -0.25) is 14.4 Å². The summed E-state index contributed by atoms with van der Waals surface area (Å²) >= 11 is 0. The van der Waals surface area contributed by atoms with Gasteiger partial charge in [-0.1, -0.05) is 42.5 Å². The van der Waals surface area contributed by atoms with Crippen molar-refractivity contribution in [3.05, 3.63) is 61.2 Å². The maximum Gasteiger partial charge on any atom is 0.309 e. The molecular formula is C25H36N2O5. The fourth-order valence-electron chi connectivity index (χ4n) is 3.17. The number of carbonyl (C=O) groups is 3. The van der Waals surface area contributed by atoms with Gasteiger partial charge in [-0.15, -0.1) is 13.2 Å². The Kier molecular flexibility index (Phi) is 12.7. The number of aliphatic hydroxyl groups excluding tert-OH is 1. The van der Waals surface area contributed by atoms with Gasteiger partial charge < -0.3 is 20.5 Å². The highest BCUT2D eigenvalue weighted by Crippen LogP contribution is 2.16. The Balaban J connectivity index is 2.57. The first-order valence-electron chi connectivity index (χ1n) is 10.9. The van der Waals surface area contributed by atoms with E-state index in [1.165, 1.54) is 0 Å². The summed E-state index contributed by atoms with van der Waals surface area (Å²) < 4.78 is 5.55. The number of hydrogen-bond donors (Lipinski definition) is 3. The van der Waals surface area contributed by atoms with E-state index in [1.54, 1.807) is 26.0 Å². The van der Waals surface area contributed by atoms with Crippen LogP contribution in [0.15, 0.2) is 55.6 Å². The predicted octanol–water partition coefficient (Wildman–Crippen LogP) is 2.55. The molecule has 0 radical (unpaired) electrons. The second-order valence-electron chi connectivity index (χ2n) is 7.98. The summed E-state index contributed by atoms with van der Waals surface area (Å²) in [7, 11) is 0. The van der Waals surface area contributed by atoms with E-state index in [0.717, 1.165) is 5.56 Å². The third-order valence-corrected chi connectivity index (χ3v) is 4.93. The summed E-state index contributed by atoms with van der Waals surface area (Å²) in [6, 6.07) is 9.32. The van der Waals surface area contributed by atoms with E-state index in [1.807, 2.05) is 30.3 Å². The Bertz CT molecular complexity index is 750. The number of allylic oxidation sites excluding steroid dienone is 2. The lowest BCUT2D eigenvalue weighted by Crippen LogP contribution is -2.41. The first kappa shape index (κ1) is 27.1. The van der Waals surface area contributed by atoms with Crippen molar-refractivity contribution in [1.82, 2.24) is 10.6 Å². The highest BCUT2D eigenvalue weighted by Gasteiger charge is 2.24. The molecule has 0 saturated heterocycles. The molecule has 0 aliphatic rings. The van der Waals surface area contributed by atoms with E-state index in [2.05, 4.69) is 23.8 Å². The van der Waals surface area contributed by atoms with Crippen LogP contribution in [-0.4, -0.2) is 48.2 Å². The molecule has 7 nitrogen and oxygen atoms in total. The number of benzene rings is 1. The van der Waals surface area contributed by atoms with Crippen molar-refractivity contribution in [2.75, 3.05) is 13.2 Å². The van der Waals surface area contributed by atoms with E-state index in [9.17, 15) is 14.4 Å². The molecule has 1 aromatic rings. The molecule has 7 heteroatoms. The lowest BCUT2D eigenvalue weighted by Gasteiger charge is -2.21. The standard InChI is InChI=1S/C25H36N2O5/c1-5-10-21(15-23(29)27-18(3)17-28)24(30)26-16-19(4)32-25(31)22(11-6-2)14-20-12-8-7-9-13-20/h5-9,12-13,18-19,21-22,28H,1-2,10-11,14-17H2,3-4H3,(H,26,30)(H,27,29)/t18-,19-,21+,22+/m0/s1. The van der Waals surface area contributed by atoms with Crippen LogP contribution in [0.1, 0.15) is 38.7 Å². The van der Waals surface area contributed by atoms with Gasteiger partial charge in [-0.2, -0.15) is 0 Å². The summed E-state index contributed by atoms with van der Waals surface area (Å²) in [5, 5.41) is 14.4.